The molecule has 192 valence electrons. The second-order valence-corrected chi connectivity index (χ2v) is 8.80. The number of amides is 1. The molecule has 0 radical (unpaired) electrons. The van der Waals surface area contributed by atoms with Crippen molar-refractivity contribution in [1.82, 2.24) is 0 Å². The summed E-state index contributed by atoms with van der Waals surface area (Å²) in [5, 5.41) is 0. The van der Waals surface area contributed by atoms with Crippen LogP contribution < -0.4 is 14.4 Å². The number of rotatable bonds is 10. The lowest BCUT2D eigenvalue weighted by Gasteiger charge is -2.19. The summed E-state index contributed by atoms with van der Waals surface area (Å²) in [6.07, 6.45) is -1.07. The third kappa shape index (κ3) is 6.27. The van der Waals surface area contributed by atoms with Gasteiger partial charge in [0.05, 0.1) is 13.0 Å². The van der Waals surface area contributed by atoms with Crippen molar-refractivity contribution < 1.29 is 33.0 Å². The van der Waals surface area contributed by atoms with Crippen LogP contribution in [-0.2, 0) is 14.3 Å². The lowest BCUT2D eigenvalue weighted by atomic mass is 10.0. The number of methoxy groups -OCH3 is 1. The molecule has 0 unspecified atom stereocenters. The third-order valence-corrected chi connectivity index (χ3v) is 6.17. The first-order chi connectivity index (χ1) is 17.9. The second-order valence-electron chi connectivity index (χ2n) is 8.43. The molecule has 0 saturated carbocycles. The molecule has 2 atom stereocenters. The van der Waals surface area contributed by atoms with Gasteiger partial charge in [0.15, 0.2) is 17.6 Å². The van der Waals surface area contributed by atoms with Gasteiger partial charge in [0.1, 0.15) is 11.6 Å². The zero-order chi connectivity index (χ0) is 26.4. The topological polar surface area (TPSA) is 82.1 Å². The smallest absolute Gasteiger partial charge is 0.312 e. The van der Waals surface area contributed by atoms with E-state index >= 15 is 0 Å². The molecule has 0 aromatic heterocycles. The van der Waals surface area contributed by atoms with E-state index in [1.165, 1.54) is 17.0 Å². The van der Waals surface area contributed by atoms with Gasteiger partial charge in [-0.05, 0) is 60.7 Å². The Morgan fingerprint density at radius 2 is 1.70 bits per heavy atom. The quantitative estimate of drug-likeness (QED) is 0.200. The molecule has 0 bridgehead atoms. The SMILES string of the molecule is COc1ccccc1Oc1ccc(N2C[C@H](C(=O)O[C@H](CCCl)C(=O)c3ccc(F)cc3)CC2=O)cc1. The molecular formula is C28H25ClFNO6. The molecule has 1 fully saturated rings. The Morgan fingerprint density at radius 3 is 2.35 bits per heavy atom. The molecule has 1 aliphatic heterocycles. The van der Waals surface area contributed by atoms with Gasteiger partial charge in [0, 0.05) is 36.5 Å². The summed E-state index contributed by atoms with van der Waals surface area (Å²) < 4.78 is 29.9. The largest absolute Gasteiger partial charge is 0.493 e. The number of ether oxygens (including phenoxy) is 3. The Balaban J connectivity index is 1.40. The summed E-state index contributed by atoms with van der Waals surface area (Å²) in [4.78, 5) is 39.9. The summed E-state index contributed by atoms with van der Waals surface area (Å²) in [6.45, 7) is 0.114. The molecule has 3 aromatic carbocycles. The molecule has 3 aromatic rings. The maximum atomic E-state index is 13.2. The van der Waals surface area contributed by atoms with Gasteiger partial charge in [-0.1, -0.05) is 12.1 Å². The predicted octanol–water partition coefficient (Wildman–Crippen LogP) is 5.40. The number of ketones is 1. The molecule has 0 spiro atoms. The average molecular weight is 526 g/mol. The van der Waals surface area contributed by atoms with Crippen molar-refractivity contribution in [2.75, 3.05) is 24.4 Å². The highest BCUT2D eigenvalue weighted by atomic mass is 35.5. The maximum absolute atomic E-state index is 13.2. The van der Waals surface area contributed by atoms with E-state index in [-0.39, 0.29) is 36.7 Å². The van der Waals surface area contributed by atoms with Crippen molar-refractivity contribution in [3.8, 4) is 17.2 Å². The van der Waals surface area contributed by atoms with E-state index in [1.807, 2.05) is 12.1 Å². The van der Waals surface area contributed by atoms with Gasteiger partial charge in [-0.3, -0.25) is 14.4 Å². The zero-order valence-electron chi connectivity index (χ0n) is 20.1. The van der Waals surface area contributed by atoms with Crippen molar-refractivity contribution in [3.05, 3.63) is 84.2 Å². The summed E-state index contributed by atoms with van der Waals surface area (Å²) in [6, 6.07) is 19.1. The molecule has 0 N–H and O–H groups in total. The minimum absolute atomic E-state index is 0.0450. The molecule has 1 aliphatic rings. The molecule has 37 heavy (non-hydrogen) atoms. The number of anilines is 1. The highest BCUT2D eigenvalue weighted by Gasteiger charge is 2.38. The molecule has 1 heterocycles. The Morgan fingerprint density at radius 1 is 1.03 bits per heavy atom. The zero-order valence-corrected chi connectivity index (χ0v) is 20.8. The fourth-order valence-electron chi connectivity index (χ4n) is 4.02. The van der Waals surface area contributed by atoms with Crippen molar-refractivity contribution in [2.24, 2.45) is 5.92 Å². The molecule has 4 rings (SSSR count). The van der Waals surface area contributed by atoms with E-state index in [9.17, 15) is 18.8 Å². The van der Waals surface area contributed by atoms with E-state index in [2.05, 4.69) is 0 Å². The first-order valence-corrected chi connectivity index (χ1v) is 12.2. The lowest BCUT2D eigenvalue weighted by molar-refractivity contribution is -0.151. The van der Waals surface area contributed by atoms with Crippen LogP contribution in [0.2, 0.25) is 0 Å². The van der Waals surface area contributed by atoms with Crippen LogP contribution in [0.15, 0.2) is 72.8 Å². The van der Waals surface area contributed by atoms with Crippen molar-refractivity contribution in [3.63, 3.8) is 0 Å². The standard InChI is InChI=1S/C28H25ClFNO6/c1-35-23-4-2-3-5-24(23)36-22-12-10-21(11-13-22)31-17-19(16-26(31)32)28(34)37-25(14-15-29)27(33)18-6-8-20(30)9-7-18/h2-13,19,25H,14-17H2,1H3/t19-,25-/m1/s1. The van der Waals surface area contributed by atoms with Crippen molar-refractivity contribution in [2.45, 2.75) is 18.9 Å². The van der Waals surface area contributed by atoms with Crippen LogP contribution in [0.1, 0.15) is 23.2 Å². The van der Waals surface area contributed by atoms with Crippen LogP contribution in [0.4, 0.5) is 10.1 Å². The number of nitrogens with zero attached hydrogens (tertiary/aromatic N) is 1. The minimum atomic E-state index is -1.12. The van der Waals surface area contributed by atoms with E-state index in [4.69, 9.17) is 25.8 Å². The Bertz CT molecular complexity index is 1260. The number of para-hydroxylation sites is 2. The highest BCUT2D eigenvalue weighted by Crippen LogP contribution is 2.33. The normalized spacial score (nSPS) is 15.8. The number of esters is 1. The van der Waals surface area contributed by atoms with Gasteiger partial charge in [-0.25, -0.2) is 4.39 Å². The number of Topliss-reactive ketones (excluding diaryl/α,β-unsaturated/α-hetero) is 1. The fraction of sp³-hybridized carbons (Fsp3) is 0.250. The van der Waals surface area contributed by atoms with E-state index in [0.29, 0.717) is 22.9 Å². The summed E-state index contributed by atoms with van der Waals surface area (Å²) >= 11 is 5.82. The van der Waals surface area contributed by atoms with Gasteiger partial charge in [0.25, 0.3) is 0 Å². The minimum Gasteiger partial charge on any atom is -0.493 e. The Hall–Kier alpha value is -3.91. The van der Waals surface area contributed by atoms with Crippen LogP contribution in [0.25, 0.3) is 0 Å². The number of benzene rings is 3. The number of carbonyl (C=O) groups is 3. The number of hydrogen-bond acceptors (Lipinski definition) is 6. The highest BCUT2D eigenvalue weighted by molar-refractivity contribution is 6.18. The van der Waals surface area contributed by atoms with Crippen LogP contribution in [0.3, 0.4) is 0 Å². The van der Waals surface area contributed by atoms with Crippen LogP contribution in [0.5, 0.6) is 17.2 Å². The summed E-state index contributed by atoms with van der Waals surface area (Å²) in [5.41, 5.74) is 0.816. The third-order valence-electron chi connectivity index (χ3n) is 5.95. The molecular weight excluding hydrogens is 501 g/mol. The second kappa shape index (κ2) is 11.9. The molecule has 9 heteroatoms. The first kappa shape index (κ1) is 26.2. The fourth-order valence-corrected chi connectivity index (χ4v) is 4.22. The Labute approximate surface area is 218 Å². The molecule has 7 nitrogen and oxygen atoms in total. The van der Waals surface area contributed by atoms with Crippen LogP contribution in [-0.4, -0.2) is 43.3 Å². The molecule has 0 aliphatic carbocycles. The lowest BCUT2D eigenvalue weighted by Crippen LogP contribution is -2.32. The van der Waals surface area contributed by atoms with Gasteiger partial charge in [-0.2, -0.15) is 0 Å². The van der Waals surface area contributed by atoms with E-state index in [1.54, 1.807) is 43.5 Å². The van der Waals surface area contributed by atoms with Crippen molar-refractivity contribution in [1.29, 1.82) is 0 Å². The van der Waals surface area contributed by atoms with Crippen molar-refractivity contribution >= 4 is 34.9 Å². The monoisotopic (exact) mass is 525 g/mol. The van der Waals surface area contributed by atoms with Gasteiger partial charge in [0.2, 0.25) is 11.7 Å². The number of halogens is 2. The molecule has 1 saturated heterocycles. The number of carbonyl (C=O) groups excluding carboxylic acids is 3. The number of alkyl halides is 1. The average Bonchev–Trinajstić information content (AvgIpc) is 3.31. The summed E-state index contributed by atoms with van der Waals surface area (Å²) in [7, 11) is 1.56. The van der Waals surface area contributed by atoms with Gasteiger partial charge < -0.3 is 19.1 Å². The summed E-state index contributed by atoms with van der Waals surface area (Å²) in [5.74, 6) is -0.796. The number of hydrogen-bond donors (Lipinski definition) is 0. The van der Waals surface area contributed by atoms with E-state index in [0.717, 1.165) is 12.1 Å². The molecule has 1 amide bonds. The maximum Gasteiger partial charge on any atom is 0.312 e. The predicted molar refractivity (Wildman–Crippen MR) is 136 cm³/mol. The Kier molecular flexibility index (Phi) is 8.40. The first-order valence-electron chi connectivity index (χ1n) is 11.7. The van der Waals surface area contributed by atoms with Gasteiger partial charge in [-0.15, -0.1) is 11.6 Å². The van der Waals surface area contributed by atoms with Gasteiger partial charge >= 0.3 is 5.97 Å². The van der Waals surface area contributed by atoms with E-state index < -0.39 is 29.6 Å². The van der Waals surface area contributed by atoms with Crippen LogP contribution >= 0.6 is 11.6 Å². The van der Waals surface area contributed by atoms with Crippen LogP contribution in [0, 0.1) is 11.7 Å².